The Hall–Kier alpha value is -3.62. The number of halogens is 1. The van der Waals surface area contributed by atoms with E-state index in [1.165, 1.54) is 18.2 Å². The molecule has 2 aromatic rings. The van der Waals surface area contributed by atoms with Crippen LogP contribution in [0.1, 0.15) is 22.8 Å². The number of rotatable bonds is 7. The van der Waals surface area contributed by atoms with Gasteiger partial charge in [-0.2, -0.15) is 10.5 Å². The molecule has 146 valence electrons. The van der Waals surface area contributed by atoms with Gasteiger partial charge in [-0.15, -0.1) is 0 Å². The van der Waals surface area contributed by atoms with Crippen LogP contribution in [0.5, 0.6) is 5.75 Å². The van der Waals surface area contributed by atoms with Gasteiger partial charge in [-0.25, -0.2) is 4.79 Å². The second kappa shape index (κ2) is 10.6. The summed E-state index contributed by atoms with van der Waals surface area (Å²) in [4.78, 5) is 24.1. The highest BCUT2D eigenvalue weighted by molar-refractivity contribution is 9.10. The van der Waals surface area contributed by atoms with Gasteiger partial charge in [-0.1, -0.05) is 6.07 Å². The van der Waals surface area contributed by atoms with Crippen LogP contribution < -0.4 is 10.1 Å². The average molecular weight is 454 g/mol. The minimum atomic E-state index is -0.586. The summed E-state index contributed by atoms with van der Waals surface area (Å²) in [7, 11) is 0. The molecule has 7 nitrogen and oxygen atoms in total. The second-order valence-corrected chi connectivity index (χ2v) is 6.41. The number of benzene rings is 2. The fourth-order valence-corrected chi connectivity index (χ4v) is 2.76. The number of nitrogens with zero attached hydrogens (tertiary/aromatic N) is 2. The molecule has 0 aliphatic carbocycles. The molecule has 1 amide bonds. The molecule has 0 atom stereocenters. The van der Waals surface area contributed by atoms with Gasteiger partial charge in [-0.05, 0) is 70.9 Å². The Balaban J connectivity index is 2.12. The van der Waals surface area contributed by atoms with E-state index in [4.69, 9.17) is 14.7 Å². The summed E-state index contributed by atoms with van der Waals surface area (Å²) in [5.41, 5.74) is 1.30. The van der Waals surface area contributed by atoms with Crippen molar-refractivity contribution >= 4 is 39.6 Å². The first-order chi connectivity index (χ1) is 14.0. The van der Waals surface area contributed by atoms with Crippen molar-refractivity contribution in [3.63, 3.8) is 0 Å². The Morgan fingerprint density at radius 2 is 1.90 bits per heavy atom. The first-order valence-electron chi connectivity index (χ1n) is 8.48. The summed E-state index contributed by atoms with van der Waals surface area (Å²) >= 11 is 3.32. The summed E-state index contributed by atoms with van der Waals surface area (Å²) in [6.45, 7) is 1.90. The summed E-state index contributed by atoms with van der Waals surface area (Å²) in [6, 6.07) is 14.9. The molecule has 0 unspecified atom stereocenters. The quantitative estimate of drug-likeness (QED) is 0.384. The van der Waals surface area contributed by atoms with Crippen molar-refractivity contribution in [1.29, 1.82) is 10.5 Å². The van der Waals surface area contributed by atoms with E-state index >= 15 is 0 Å². The molecule has 0 aromatic heterocycles. The highest BCUT2D eigenvalue weighted by Gasteiger charge is 2.12. The van der Waals surface area contributed by atoms with Crippen LogP contribution in [0.2, 0.25) is 0 Å². The number of carbonyl (C=O) groups is 2. The van der Waals surface area contributed by atoms with Crippen LogP contribution in [0, 0.1) is 22.7 Å². The zero-order valence-corrected chi connectivity index (χ0v) is 17.0. The van der Waals surface area contributed by atoms with Gasteiger partial charge in [0.2, 0.25) is 0 Å². The lowest BCUT2D eigenvalue weighted by Gasteiger charge is -2.07. The fourth-order valence-electron chi connectivity index (χ4n) is 2.25. The zero-order valence-electron chi connectivity index (χ0n) is 15.4. The molecular weight excluding hydrogens is 438 g/mol. The van der Waals surface area contributed by atoms with Crippen LogP contribution >= 0.6 is 15.9 Å². The molecule has 0 saturated carbocycles. The van der Waals surface area contributed by atoms with E-state index in [1.54, 1.807) is 37.3 Å². The van der Waals surface area contributed by atoms with Crippen molar-refractivity contribution < 1.29 is 19.1 Å². The Morgan fingerprint density at radius 3 is 2.48 bits per heavy atom. The third-order valence-corrected chi connectivity index (χ3v) is 4.20. The molecule has 0 bridgehead atoms. The van der Waals surface area contributed by atoms with E-state index in [2.05, 4.69) is 21.2 Å². The van der Waals surface area contributed by atoms with Gasteiger partial charge in [0.15, 0.2) is 6.61 Å². The molecule has 29 heavy (non-hydrogen) atoms. The van der Waals surface area contributed by atoms with Crippen LogP contribution in [0.15, 0.2) is 52.5 Å². The van der Waals surface area contributed by atoms with Crippen molar-refractivity contribution in [2.24, 2.45) is 0 Å². The highest BCUT2D eigenvalue weighted by Crippen LogP contribution is 2.27. The number of hydrogen-bond donors (Lipinski definition) is 1. The lowest BCUT2D eigenvalue weighted by molar-refractivity contribution is -0.112. The summed E-state index contributed by atoms with van der Waals surface area (Å²) in [5.74, 6) is -0.554. The number of carbonyl (C=O) groups excluding carboxylic acids is 2. The molecule has 2 aromatic carbocycles. The minimum absolute atomic E-state index is 0.0887. The molecule has 0 saturated heterocycles. The first kappa shape index (κ1) is 21.7. The second-order valence-electron chi connectivity index (χ2n) is 5.56. The van der Waals surface area contributed by atoms with Gasteiger partial charge in [0, 0.05) is 5.69 Å². The monoisotopic (exact) mass is 453 g/mol. The number of nitrogens with one attached hydrogen (secondary N) is 1. The molecule has 0 heterocycles. The number of esters is 1. The molecule has 0 aliphatic heterocycles. The lowest BCUT2D eigenvalue weighted by atomic mass is 10.1. The number of anilines is 1. The third kappa shape index (κ3) is 6.20. The van der Waals surface area contributed by atoms with Crippen LogP contribution in [0.3, 0.4) is 0 Å². The average Bonchev–Trinajstić information content (AvgIpc) is 2.72. The summed E-state index contributed by atoms with van der Waals surface area (Å²) in [5, 5.41) is 20.5. The largest absolute Gasteiger partial charge is 0.478 e. The molecular formula is C21H16BrN3O4. The Kier molecular flexibility index (Phi) is 7.96. The van der Waals surface area contributed by atoms with E-state index in [-0.39, 0.29) is 18.8 Å². The maximum absolute atomic E-state index is 12.4. The highest BCUT2D eigenvalue weighted by atomic mass is 79.9. The Labute approximate surface area is 176 Å². The van der Waals surface area contributed by atoms with Gasteiger partial charge >= 0.3 is 5.97 Å². The van der Waals surface area contributed by atoms with Crippen molar-refractivity contribution in [3.8, 4) is 17.9 Å². The Morgan fingerprint density at radius 1 is 1.17 bits per heavy atom. The van der Waals surface area contributed by atoms with E-state index in [0.717, 1.165) is 0 Å². The fraction of sp³-hybridized carbons (Fsp3) is 0.143. The van der Waals surface area contributed by atoms with Gasteiger partial charge in [0.25, 0.3) is 5.91 Å². The number of amides is 1. The SMILES string of the molecule is CCOC(=O)c1ccc(NC(=O)/C(C#N)=C/c2ccc(OCC#N)c(Br)c2)cc1. The van der Waals surface area contributed by atoms with Gasteiger partial charge < -0.3 is 14.8 Å². The van der Waals surface area contributed by atoms with E-state index in [1.807, 2.05) is 12.1 Å². The van der Waals surface area contributed by atoms with Crippen molar-refractivity contribution in [3.05, 3.63) is 63.6 Å². The summed E-state index contributed by atoms with van der Waals surface area (Å²) < 4.78 is 10.7. The summed E-state index contributed by atoms with van der Waals surface area (Å²) in [6.07, 6.45) is 1.43. The molecule has 1 N–H and O–H groups in total. The van der Waals surface area contributed by atoms with Gasteiger partial charge in [0.1, 0.15) is 23.5 Å². The van der Waals surface area contributed by atoms with E-state index in [9.17, 15) is 14.9 Å². The van der Waals surface area contributed by atoms with Crippen molar-refractivity contribution in [2.45, 2.75) is 6.92 Å². The number of ether oxygens (including phenoxy) is 2. The third-order valence-electron chi connectivity index (χ3n) is 3.58. The maximum Gasteiger partial charge on any atom is 0.338 e. The molecule has 0 spiro atoms. The van der Waals surface area contributed by atoms with Crippen LogP contribution in [-0.4, -0.2) is 25.1 Å². The van der Waals surface area contributed by atoms with Crippen molar-refractivity contribution in [2.75, 3.05) is 18.5 Å². The smallest absolute Gasteiger partial charge is 0.338 e. The predicted octanol–water partition coefficient (Wildman–Crippen LogP) is 4.07. The normalized spacial score (nSPS) is 10.4. The first-order valence-corrected chi connectivity index (χ1v) is 9.27. The van der Waals surface area contributed by atoms with E-state index < -0.39 is 11.9 Å². The van der Waals surface area contributed by atoms with Crippen molar-refractivity contribution in [1.82, 2.24) is 0 Å². The molecule has 0 radical (unpaired) electrons. The van der Waals surface area contributed by atoms with Crippen LogP contribution in [-0.2, 0) is 9.53 Å². The maximum atomic E-state index is 12.4. The topological polar surface area (TPSA) is 112 Å². The number of nitriles is 2. The number of hydrogen-bond acceptors (Lipinski definition) is 6. The Bertz CT molecular complexity index is 1020. The van der Waals surface area contributed by atoms with Gasteiger partial charge in [0.05, 0.1) is 16.6 Å². The van der Waals surface area contributed by atoms with Crippen LogP contribution in [0.4, 0.5) is 5.69 Å². The van der Waals surface area contributed by atoms with Gasteiger partial charge in [-0.3, -0.25) is 4.79 Å². The standard InChI is InChI=1S/C21H16BrN3O4/c1-2-28-21(27)15-4-6-17(7-5-15)25-20(26)16(13-24)11-14-3-8-19(18(22)12-14)29-10-9-23/h3-8,11-12H,2,10H2,1H3,(H,25,26)/b16-11+. The molecule has 0 aliphatic rings. The lowest BCUT2D eigenvalue weighted by Crippen LogP contribution is -2.13. The molecule has 0 fully saturated rings. The van der Waals surface area contributed by atoms with Crippen LogP contribution in [0.25, 0.3) is 6.08 Å². The zero-order chi connectivity index (χ0) is 21.2. The molecule has 2 rings (SSSR count). The molecule has 8 heteroatoms. The van der Waals surface area contributed by atoms with E-state index in [0.29, 0.717) is 27.0 Å². The predicted molar refractivity (Wildman–Crippen MR) is 110 cm³/mol. The minimum Gasteiger partial charge on any atom is -0.478 e.